The van der Waals surface area contributed by atoms with Crippen LogP contribution in [0.5, 0.6) is 0 Å². The van der Waals surface area contributed by atoms with E-state index in [9.17, 15) is 4.79 Å². The molecule has 2 rings (SSSR count). The molecule has 0 saturated heterocycles. The number of nitrogens with one attached hydrogen (secondary N) is 1. The Kier molecular flexibility index (Phi) is 3.54. The third-order valence-corrected chi connectivity index (χ3v) is 4.43. The molecule has 17 heavy (non-hydrogen) atoms. The van der Waals surface area contributed by atoms with E-state index >= 15 is 0 Å². The SMILES string of the molecule is CCOC(=O)[C@@]1(CC)N[C@H](C)Cc2ccsc21. The van der Waals surface area contributed by atoms with Crippen LogP contribution in [-0.4, -0.2) is 18.6 Å². The second kappa shape index (κ2) is 4.78. The normalized spacial score (nSPS) is 27.6. The summed E-state index contributed by atoms with van der Waals surface area (Å²) >= 11 is 1.65. The molecule has 4 heteroatoms. The molecule has 1 N–H and O–H groups in total. The van der Waals surface area contributed by atoms with E-state index in [1.807, 2.05) is 13.8 Å². The highest BCUT2D eigenvalue weighted by Gasteiger charge is 2.46. The third-order valence-electron chi connectivity index (χ3n) is 3.31. The molecule has 1 aliphatic heterocycles. The first-order chi connectivity index (χ1) is 8.14. The van der Waals surface area contributed by atoms with Crippen LogP contribution in [0.15, 0.2) is 11.4 Å². The molecule has 3 nitrogen and oxygen atoms in total. The zero-order valence-corrected chi connectivity index (χ0v) is 11.4. The van der Waals surface area contributed by atoms with Gasteiger partial charge in [-0.05, 0) is 43.7 Å². The van der Waals surface area contributed by atoms with Crippen molar-refractivity contribution in [3.05, 3.63) is 21.9 Å². The van der Waals surface area contributed by atoms with Gasteiger partial charge in [0.25, 0.3) is 0 Å². The van der Waals surface area contributed by atoms with E-state index in [4.69, 9.17) is 4.74 Å². The summed E-state index contributed by atoms with van der Waals surface area (Å²) in [7, 11) is 0. The van der Waals surface area contributed by atoms with Crippen LogP contribution in [-0.2, 0) is 21.5 Å². The van der Waals surface area contributed by atoms with Gasteiger partial charge in [-0.25, -0.2) is 4.79 Å². The van der Waals surface area contributed by atoms with Crippen LogP contribution >= 0.6 is 11.3 Å². The smallest absolute Gasteiger partial charge is 0.331 e. The van der Waals surface area contributed by atoms with Crippen molar-refractivity contribution in [1.29, 1.82) is 0 Å². The molecule has 0 saturated carbocycles. The van der Waals surface area contributed by atoms with Crippen molar-refractivity contribution in [2.45, 2.75) is 45.2 Å². The van der Waals surface area contributed by atoms with Crippen molar-refractivity contribution >= 4 is 17.3 Å². The van der Waals surface area contributed by atoms with Crippen LogP contribution in [0.3, 0.4) is 0 Å². The predicted molar refractivity (Wildman–Crippen MR) is 69.2 cm³/mol. The largest absolute Gasteiger partial charge is 0.464 e. The van der Waals surface area contributed by atoms with E-state index in [0.29, 0.717) is 12.6 Å². The molecule has 0 fully saturated rings. The van der Waals surface area contributed by atoms with E-state index < -0.39 is 5.54 Å². The first-order valence-electron chi connectivity index (χ1n) is 6.15. The highest BCUT2D eigenvalue weighted by atomic mass is 32.1. The van der Waals surface area contributed by atoms with E-state index in [1.54, 1.807) is 11.3 Å². The number of esters is 1. The highest BCUT2D eigenvalue weighted by molar-refractivity contribution is 7.10. The van der Waals surface area contributed by atoms with E-state index in [2.05, 4.69) is 23.7 Å². The number of carbonyl (C=O) groups excluding carboxylic acids is 1. The second-order valence-electron chi connectivity index (χ2n) is 4.50. The quantitative estimate of drug-likeness (QED) is 0.841. The highest BCUT2D eigenvalue weighted by Crippen LogP contribution is 2.38. The fourth-order valence-electron chi connectivity index (χ4n) is 2.55. The lowest BCUT2D eigenvalue weighted by Gasteiger charge is -2.38. The number of hydrogen-bond donors (Lipinski definition) is 1. The summed E-state index contributed by atoms with van der Waals surface area (Å²) in [5.74, 6) is -0.141. The number of hydrogen-bond acceptors (Lipinski definition) is 4. The van der Waals surface area contributed by atoms with Gasteiger partial charge in [0, 0.05) is 10.9 Å². The molecule has 0 aliphatic carbocycles. The summed E-state index contributed by atoms with van der Waals surface area (Å²) in [4.78, 5) is 13.4. The predicted octanol–water partition coefficient (Wildman–Crippen LogP) is 2.45. The van der Waals surface area contributed by atoms with Gasteiger partial charge in [-0.3, -0.25) is 5.32 Å². The molecule has 0 unspecified atom stereocenters. The summed E-state index contributed by atoms with van der Waals surface area (Å²) in [5.41, 5.74) is 0.660. The van der Waals surface area contributed by atoms with Crippen molar-refractivity contribution in [2.75, 3.05) is 6.61 Å². The average Bonchev–Trinajstić information content (AvgIpc) is 2.76. The minimum atomic E-state index is -0.628. The molecule has 0 aromatic carbocycles. The average molecular weight is 253 g/mol. The van der Waals surface area contributed by atoms with Crippen LogP contribution in [0.2, 0.25) is 0 Å². The molecular weight excluding hydrogens is 234 g/mol. The molecule has 0 radical (unpaired) electrons. The molecule has 1 aromatic heterocycles. The number of rotatable bonds is 3. The fraction of sp³-hybridized carbons (Fsp3) is 0.615. The van der Waals surface area contributed by atoms with Gasteiger partial charge >= 0.3 is 5.97 Å². The molecule has 2 atom stereocenters. The van der Waals surface area contributed by atoms with Crippen LogP contribution in [0.25, 0.3) is 0 Å². The van der Waals surface area contributed by atoms with E-state index in [0.717, 1.165) is 17.7 Å². The Labute approximate surface area is 106 Å². The van der Waals surface area contributed by atoms with Crippen LogP contribution in [0.4, 0.5) is 0 Å². The van der Waals surface area contributed by atoms with Gasteiger partial charge < -0.3 is 4.74 Å². The Morgan fingerprint density at radius 1 is 1.65 bits per heavy atom. The Hall–Kier alpha value is -0.870. The number of carbonyl (C=O) groups is 1. The van der Waals surface area contributed by atoms with Crippen LogP contribution in [0, 0.1) is 0 Å². The summed E-state index contributed by atoms with van der Waals surface area (Å²) in [6, 6.07) is 2.43. The molecule has 0 bridgehead atoms. The van der Waals surface area contributed by atoms with Crippen molar-refractivity contribution in [3.63, 3.8) is 0 Å². The molecule has 1 aromatic rings. The molecular formula is C13H19NO2S. The Balaban J connectivity index is 2.44. The van der Waals surface area contributed by atoms with Gasteiger partial charge in [-0.2, -0.15) is 0 Å². The summed E-state index contributed by atoms with van der Waals surface area (Å²) < 4.78 is 5.26. The minimum absolute atomic E-state index is 0.141. The van der Waals surface area contributed by atoms with Gasteiger partial charge in [0.1, 0.15) is 0 Å². The van der Waals surface area contributed by atoms with Crippen LogP contribution < -0.4 is 5.32 Å². The van der Waals surface area contributed by atoms with Crippen molar-refractivity contribution in [3.8, 4) is 0 Å². The fourth-order valence-corrected chi connectivity index (χ4v) is 3.71. The number of ether oxygens (including phenoxy) is 1. The maximum Gasteiger partial charge on any atom is 0.331 e. The van der Waals surface area contributed by atoms with Gasteiger partial charge in [0.15, 0.2) is 5.54 Å². The molecule has 2 heterocycles. The number of thiophene rings is 1. The molecule has 0 amide bonds. The lowest BCUT2D eigenvalue weighted by Crippen LogP contribution is -2.56. The molecule has 0 spiro atoms. The maximum atomic E-state index is 12.3. The van der Waals surface area contributed by atoms with Gasteiger partial charge in [0.05, 0.1) is 6.61 Å². The monoisotopic (exact) mass is 253 g/mol. The minimum Gasteiger partial charge on any atom is -0.464 e. The first kappa shape index (κ1) is 12.6. The van der Waals surface area contributed by atoms with Crippen LogP contribution in [0.1, 0.15) is 37.6 Å². The molecule has 94 valence electrons. The number of fused-ring (bicyclic) bond motifs is 1. The van der Waals surface area contributed by atoms with E-state index in [1.165, 1.54) is 5.56 Å². The lowest BCUT2D eigenvalue weighted by atomic mass is 9.85. The Morgan fingerprint density at radius 2 is 2.41 bits per heavy atom. The van der Waals surface area contributed by atoms with E-state index in [-0.39, 0.29) is 5.97 Å². The summed E-state index contributed by atoms with van der Waals surface area (Å²) in [5, 5.41) is 5.51. The second-order valence-corrected chi connectivity index (χ2v) is 5.42. The van der Waals surface area contributed by atoms with Gasteiger partial charge in [0.2, 0.25) is 0 Å². The van der Waals surface area contributed by atoms with Crippen molar-refractivity contribution in [1.82, 2.24) is 5.32 Å². The summed E-state index contributed by atoms with van der Waals surface area (Å²) in [6.07, 6.45) is 1.71. The Bertz CT molecular complexity index is 415. The maximum absolute atomic E-state index is 12.3. The van der Waals surface area contributed by atoms with Crippen molar-refractivity contribution in [2.24, 2.45) is 0 Å². The zero-order valence-electron chi connectivity index (χ0n) is 10.6. The standard InChI is InChI=1S/C13H19NO2S/c1-4-13(12(15)16-5-2)11-10(6-7-17-11)8-9(3)14-13/h6-7,9,14H,4-5,8H2,1-3H3/t9-,13+/m1/s1. The topological polar surface area (TPSA) is 38.3 Å². The third kappa shape index (κ3) is 2.00. The zero-order chi connectivity index (χ0) is 12.5. The van der Waals surface area contributed by atoms with Gasteiger partial charge in [-0.1, -0.05) is 6.92 Å². The Morgan fingerprint density at radius 3 is 3.06 bits per heavy atom. The lowest BCUT2D eigenvalue weighted by molar-refractivity contribution is -0.152. The van der Waals surface area contributed by atoms with Crippen molar-refractivity contribution < 1.29 is 9.53 Å². The van der Waals surface area contributed by atoms with Gasteiger partial charge in [-0.15, -0.1) is 11.3 Å². The molecule has 1 aliphatic rings. The first-order valence-corrected chi connectivity index (χ1v) is 7.03. The summed E-state index contributed by atoms with van der Waals surface area (Å²) in [6.45, 7) is 6.43.